The monoisotopic (exact) mass is 473 g/mol. The maximum absolute atomic E-state index is 13.3. The molecule has 35 heavy (non-hydrogen) atoms. The molecule has 0 bridgehead atoms. The van der Waals surface area contributed by atoms with Gasteiger partial charge < -0.3 is 19.3 Å². The summed E-state index contributed by atoms with van der Waals surface area (Å²) >= 11 is 0. The van der Waals surface area contributed by atoms with Crippen molar-refractivity contribution >= 4 is 23.1 Å². The first-order valence-corrected chi connectivity index (χ1v) is 11.4. The predicted octanol–water partition coefficient (Wildman–Crippen LogP) is 5.12. The average Bonchev–Trinajstić information content (AvgIpc) is 3.15. The lowest BCUT2D eigenvalue weighted by molar-refractivity contribution is -0.132. The molecule has 0 aliphatic carbocycles. The van der Waals surface area contributed by atoms with Crippen LogP contribution < -0.4 is 19.1 Å². The van der Waals surface area contributed by atoms with Gasteiger partial charge in [0.1, 0.15) is 23.0 Å². The van der Waals surface area contributed by atoms with Gasteiger partial charge >= 0.3 is 0 Å². The fraction of sp³-hybridized carbons (Fsp3) is 0.214. The van der Waals surface area contributed by atoms with Crippen molar-refractivity contribution in [2.45, 2.75) is 19.9 Å². The average molecular weight is 474 g/mol. The van der Waals surface area contributed by atoms with Crippen LogP contribution in [0.15, 0.2) is 78.4 Å². The molecule has 7 nitrogen and oxygen atoms in total. The summed E-state index contributed by atoms with van der Waals surface area (Å²) in [6.45, 7) is 4.50. The molecule has 3 aromatic rings. The number of para-hydroxylation sites is 1. The van der Waals surface area contributed by atoms with Crippen LogP contribution >= 0.6 is 0 Å². The van der Waals surface area contributed by atoms with Crippen molar-refractivity contribution < 1.29 is 28.9 Å². The number of ketones is 1. The maximum atomic E-state index is 13.3. The Hall–Kier alpha value is -4.26. The Kier molecular flexibility index (Phi) is 7.06. The summed E-state index contributed by atoms with van der Waals surface area (Å²) in [6, 6.07) is 20.1. The SMILES string of the molecule is CCOc1ccc(/C(O)=C2/C(=O)C(=O)N(c3ccccc3)C2c2ccc(OC)cc2)c(OCC)c1. The van der Waals surface area contributed by atoms with Crippen LogP contribution in [0, 0.1) is 0 Å². The zero-order valence-electron chi connectivity index (χ0n) is 19.9. The van der Waals surface area contributed by atoms with Crippen LogP contribution in [-0.2, 0) is 9.59 Å². The van der Waals surface area contributed by atoms with Gasteiger partial charge in [-0.2, -0.15) is 0 Å². The lowest BCUT2D eigenvalue weighted by Gasteiger charge is -2.25. The molecule has 1 aliphatic heterocycles. The first-order chi connectivity index (χ1) is 17.0. The second-order valence-corrected chi connectivity index (χ2v) is 7.80. The minimum absolute atomic E-state index is 0.0193. The number of carbonyl (C=O) groups is 2. The van der Waals surface area contributed by atoms with Crippen molar-refractivity contribution in [3.05, 3.63) is 89.5 Å². The molecule has 1 saturated heterocycles. The van der Waals surface area contributed by atoms with Gasteiger partial charge in [0.05, 0.1) is 37.5 Å². The van der Waals surface area contributed by atoms with Crippen molar-refractivity contribution in [2.75, 3.05) is 25.2 Å². The fourth-order valence-electron chi connectivity index (χ4n) is 4.16. The number of aliphatic hydroxyl groups excluding tert-OH is 1. The first kappa shape index (κ1) is 23.9. The summed E-state index contributed by atoms with van der Waals surface area (Å²) < 4.78 is 16.6. The van der Waals surface area contributed by atoms with Crippen molar-refractivity contribution in [3.8, 4) is 17.2 Å². The van der Waals surface area contributed by atoms with Crippen LogP contribution in [0.4, 0.5) is 5.69 Å². The Morgan fingerprint density at radius 3 is 2.17 bits per heavy atom. The van der Waals surface area contributed by atoms with Crippen molar-refractivity contribution in [2.24, 2.45) is 0 Å². The largest absolute Gasteiger partial charge is 0.507 e. The van der Waals surface area contributed by atoms with Gasteiger partial charge in [-0.15, -0.1) is 0 Å². The summed E-state index contributed by atoms with van der Waals surface area (Å²) in [4.78, 5) is 28.0. The third-order valence-corrected chi connectivity index (χ3v) is 5.73. The highest BCUT2D eigenvalue weighted by Crippen LogP contribution is 2.43. The number of nitrogens with zero attached hydrogens (tertiary/aromatic N) is 1. The topological polar surface area (TPSA) is 85.3 Å². The molecule has 0 aromatic heterocycles. The van der Waals surface area contributed by atoms with Gasteiger partial charge in [0.25, 0.3) is 11.7 Å². The van der Waals surface area contributed by atoms with Crippen LogP contribution in [-0.4, -0.2) is 37.1 Å². The molecule has 180 valence electrons. The highest BCUT2D eigenvalue weighted by molar-refractivity contribution is 6.51. The number of amides is 1. The molecule has 4 rings (SSSR count). The summed E-state index contributed by atoms with van der Waals surface area (Å²) in [5.74, 6) is -0.241. The Balaban J connectivity index is 1.92. The Morgan fingerprint density at radius 1 is 0.886 bits per heavy atom. The van der Waals surface area contributed by atoms with Crippen LogP contribution in [0.5, 0.6) is 17.2 Å². The number of methoxy groups -OCH3 is 1. The van der Waals surface area contributed by atoms with Crippen LogP contribution in [0.1, 0.15) is 31.0 Å². The molecule has 0 radical (unpaired) electrons. The highest BCUT2D eigenvalue weighted by Gasteiger charge is 2.47. The highest BCUT2D eigenvalue weighted by atomic mass is 16.5. The molecule has 1 unspecified atom stereocenters. The Bertz CT molecular complexity index is 1250. The van der Waals surface area contributed by atoms with Crippen LogP contribution in [0.25, 0.3) is 5.76 Å². The van der Waals surface area contributed by atoms with E-state index in [9.17, 15) is 14.7 Å². The number of Topliss-reactive ketones (excluding diaryl/α,β-unsaturated/α-hetero) is 1. The lowest BCUT2D eigenvalue weighted by Crippen LogP contribution is -2.29. The smallest absolute Gasteiger partial charge is 0.300 e. The molecule has 1 N–H and O–H groups in total. The van der Waals surface area contributed by atoms with E-state index in [0.717, 1.165) is 0 Å². The summed E-state index contributed by atoms with van der Waals surface area (Å²) in [5, 5.41) is 11.5. The third kappa shape index (κ3) is 4.57. The third-order valence-electron chi connectivity index (χ3n) is 5.73. The number of anilines is 1. The molecular weight excluding hydrogens is 446 g/mol. The molecule has 1 aliphatic rings. The molecule has 3 aromatic carbocycles. The summed E-state index contributed by atoms with van der Waals surface area (Å²) in [5.41, 5.74) is 1.49. The molecule has 1 amide bonds. The van der Waals surface area contributed by atoms with E-state index in [1.54, 1.807) is 73.8 Å². The number of rotatable bonds is 8. The second-order valence-electron chi connectivity index (χ2n) is 7.80. The van der Waals surface area contributed by atoms with Crippen molar-refractivity contribution in [1.82, 2.24) is 0 Å². The maximum Gasteiger partial charge on any atom is 0.300 e. The minimum Gasteiger partial charge on any atom is -0.507 e. The normalized spacial score (nSPS) is 16.9. The number of aliphatic hydroxyl groups is 1. The van der Waals surface area contributed by atoms with Gasteiger partial charge in [0.2, 0.25) is 0 Å². The summed E-state index contributed by atoms with van der Waals surface area (Å²) in [6.07, 6.45) is 0. The Morgan fingerprint density at radius 2 is 1.54 bits per heavy atom. The first-order valence-electron chi connectivity index (χ1n) is 11.4. The van der Waals surface area contributed by atoms with Crippen LogP contribution in [0.3, 0.4) is 0 Å². The zero-order chi connectivity index (χ0) is 24.9. The van der Waals surface area contributed by atoms with E-state index in [-0.39, 0.29) is 11.3 Å². The van der Waals surface area contributed by atoms with Gasteiger partial charge in [0, 0.05) is 11.8 Å². The zero-order valence-corrected chi connectivity index (χ0v) is 19.9. The summed E-state index contributed by atoms with van der Waals surface area (Å²) in [7, 11) is 1.56. The predicted molar refractivity (Wildman–Crippen MR) is 133 cm³/mol. The van der Waals surface area contributed by atoms with E-state index in [1.807, 2.05) is 19.9 Å². The van der Waals surface area contributed by atoms with E-state index in [1.165, 1.54) is 4.90 Å². The van der Waals surface area contributed by atoms with E-state index < -0.39 is 17.7 Å². The van der Waals surface area contributed by atoms with Gasteiger partial charge in [-0.3, -0.25) is 14.5 Å². The number of hydrogen-bond donors (Lipinski definition) is 1. The van der Waals surface area contributed by atoms with E-state index in [2.05, 4.69) is 0 Å². The quantitative estimate of drug-likeness (QED) is 0.278. The number of ether oxygens (including phenoxy) is 3. The van der Waals surface area contributed by atoms with Gasteiger partial charge in [-0.05, 0) is 55.8 Å². The molecule has 0 saturated carbocycles. The standard InChI is InChI=1S/C28H27NO6/c1-4-34-21-15-16-22(23(17-21)35-5-2)26(30)24-25(18-11-13-20(33-3)14-12-18)29(28(32)27(24)31)19-9-7-6-8-10-19/h6-17,25,30H,4-5H2,1-3H3/b26-24-. The van der Waals surface area contributed by atoms with Crippen LogP contribution in [0.2, 0.25) is 0 Å². The minimum atomic E-state index is -0.843. The molecule has 0 spiro atoms. The lowest BCUT2D eigenvalue weighted by atomic mass is 9.94. The van der Waals surface area contributed by atoms with E-state index >= 15 is 0 Å². The molecule has 1 heterocycles. The molecular formula is C28H27NO6. The molecule has 7 heteroatoms. The van der Waals surface area contributed by atoms with Gasteiger partial charge in [-0.25, -0.2) is 0 Å². The molecule has 1 atom stereocenters. The number of benzene rings is 3. The second kappa shape index (κ2) is 10.3. The van der Waals surface area contributed by atoms with E-state index in [0.29, 0.717) is 47.3 Å². The number of carbonyl (C=O) groups excluding carboxylic acids is 2. The van der Waals surface area contributed by atoms with E-state index in [4.69, 9.17) is 14.2 Å². The Labute approximate surface area is 204 Å². The van der Waals surface area contributed by atoms with Gasteiger partial charge in [0.15, 0.2) is 0 Å². The fourth-order valence-corrected chi connectivity index (χ4v) is 4.16. The van der Waals surface area contributed by atoms with Crippen molar-refractivity contribution in [3.63, 3.8) is 0 Å². The number of hydrogen-bond acceptors (Lipinski definition) is 6. The van der Waals surface area contributed by atoms with Crippen molar-refractivity contribution in [1.29, 1.82) is 0 Å². The van der Waals surface area contributed by atoms with Gasteiger partial charge in [-0.1, -0.05) is 30.3 Å². The molecule has 1 fully saturated rings.